The van der Waals surface area contributed by atoms with Crippen LogP contribution in [-0.2, 0) is 0 Å². The van der Waals surface area contributed by atoms with Crippen molar-refractivity contribution in [3.05, 3.63) is 18.2 Å². The number of hydrogen-bond acceptors (Lipinski definition) is 4. The second kappa shape index (κ2) is 6.87. The lowest BCUT2D eigenvalue weighted by Gasteiger charge is -2.29. The molecule has 0 aliphatic carbocycles. The minimum Gasteiger partial charge on any atom is -0.331 e. The maximum absolute atomic E-state index is 5.94. The van der Waals surface area contributed by atoms with Gasteiger partial charge in [0.15, 0.2) is 0 Å². The Balaban J connectivity index is 2.78. The highest BCUT2D eigenvalue weighted by Gasteiger charge is 2.20. The first-order valence-electron chi connectivity index (χ1n) is 6.54. The standard InChI is InChI=1S/C13H27N5/c1-11(2)18-10-15-9-13(18)12(8-14)17(5)7-6-16(3)4/h9-12H,6-8,14H2,1-5H3. The monoisotopic (exact) mass is 253 g/mol. The van der Waals surface area contributed by atoms with Gasteiger partial charge in [0.25, 0.3) is 0 Å². The van der Waals surface area contributed by atoms with Gasteiger partial charge in [-0.25, -0.2) is 4.98 Å². The Kier molecular flexibility index (Phi) is 5.78. The molecule has 1 unspecified atom stereocenters. The van der Waals surface area contributed by atoms with Crippen molar-refractivity contribution in [2.45, 2.75) is 25.9 Å². The number of nitrogens with two attached hydrogens (primary N) is 1. The maximum atomic E-state index is 5.94. The normalized spacial score (nSPS) is 13.8. The van der Waals surface area contributed by atoms with Crippen LogP contribution in [0.4, 0.5) is 0 Å². The molecule has 0 aromatic carbocycles. The summed E-state index contributed by atoms with van der Waals surface area (Å²) in [7, 11) is 6.30. The second-order valence-electron chi connectivity index (χ2n) is 5.35. The van der Waals surface area contributed by atoms with Crippen molar-refractivity contribution < 1.29 is 0 Å². The molecule has 18 heavy (non-hydrogen) atoms. The molecule has 5 nitrogen and oxygen atoms in total. The minimum absolute atomic E-state index is 0.231. The highest BCUT2D eigenvalue weighted by atomic mass is 15.2. The topological polar surface area (TPSA) is 50.3 Å². The van der Waals surface area contributed by atoms with Gasteiger partial charge in [-0.3, -0.25) is 4.90 Å². The molecule has 0 saturated heterocycles. The summed E-state index contributed by atoms with van der Waals surface area (Å²) in [6.45, 7) is 6.97. The summed E-state index contributed by atoms with van der Waals surface area (Å²) in [6.07, 6.45) is 3.83. The minimum atomic E-state index is 0.231. The Hall–Kier alpha value is -0.910. The van der Waals surface area contributed by atoms with Crippen LogP contribution in [0.25, 0.3) is 0 Å². The third kappa shape index (κ3) is 3.80. The lowest BCUT2D eigenvalue weighted by molar-refractivity contribution is 0.214. The van der Waals surface area contributed by atoms with Gasteiger partial charge in [0.05, 0.1) is 18.1 Å². The average Bonchev–Trinajstić information content (AvgIpc) is 2.76. The quantitative estimate of drug-likeness (QED) is 0.786. The van der Waals surface area contributed by atoms with Crippen molar-refractivity contribution in [3.8, 4) is 0 Å². The summed E-state index contributed by atoms with van der Waals surface area (Å²) >= 11 is 0. The number of hydrogen-bond donors (Lipinski definition) is 1. The van der Waals surface area contributed by atoms with Gasteiger partial charge in [-0.05, 0) is 35.0 Å². The molecule has 0 radical (unpaired) electrons. The molecule has 0 aliphatic rings. The Labute approximate surface area is 111 Å². The molecule has 104 valence electrons. The first-order chi connectivity index (χ1) is 8.47. The van der Waals surface area contributed by atoms with E-state index in [1.54, 1.807) is 0 Å². The van der Waals surface area contributed by atoms with E-state index in [0.717, 1.165) is 13.1 Å². The largest absolute Gasteiger partial charge is 0.331 e. The molecule has 1 atom stereocenters. The fourth-order valence-electron chi connectivity index (χ4n) is 2.04. The van der Waals surface area contributed by atoms with Crippen LogP contribution in [0.15, 0.2) is 12.5 Å². The molecule has 1 aromatic heterocycles. The molecule has 5 heteroatoms. The van der Waals surface area contributed by atoms with E-state index in [9.17, 15) is 0 Å². The van der Waals surface area contributed by atoms with Crippen LogP contribution in [0.3, 0.4) is 0 Å². The molecule has 0 spiro atoms. The molecule has 2 N–H and O–H groups in total. The zero-order valence-electron chi connectivity index (χ0n) is 12.3. The fraction of sp³-hybridized carbons (Fsp3) is 0.769. The van der Waals surface area contributed by atoms with Gasteiger partial charge >= 0.3 is 0 Å². The average molecular weight is 253 g/mol. The zero-order valence-corrected chi connectivity index (χ0v) is 12.3. The molecule has 1 heterocycles. The molecule has 0 aliphatic heterocycles. The molecular formula is C13H27N5. The summed E-state index contributed by atoms with van der Waals surface area (Å²) in [6, 6.07) is 0.647. The van der Waals surface area contributed by atoms with Crippen LogP contribution in [0, 0.1) is 0 Å². The van der Waals surface area contributed by atoms with E-state index in [1.807, 2.05) is 12.5 Å². The van der Waals surface area contributed by atoms with Crippen LogP contribution in [0.1, 0.15) is 31.6 Å². The molecule has 0 fully saturated rings. The van der Waals surface area contributed by atoms with E-state index in [-0.39, 0.29) is 6.04 Å². The van der Waals surface area contributed by atoms with E-state index < -0.39 is 0 Å². The van der Waals surface area contributed by atoms with Crippen LogP contribution in [0.5, 0.6) is 0 Å². The molecule has 1 rings (SSSR count). The smallest absolute Gasteiger partial charge is 0.0951 e. The molecule has 0 saturated carbocycles. The van der Waals surface area contributed by atoms with Crippen molar-refractivity contribution >= 4 is 0 Å². The third-order valence-electron chi connectivity index (χ3n) is 3.25. The number of rotatable bonds is 7. The van der Waals surface area contributed by atoms with E-state index >= 15 is 0 Å². The van der Waals surface area contributed by atoms with Gasteiger partial charge in [0.2, 0.25) is 0 Å². The predicted octanol–water partition coefficient (Wildman–Crippen LogP) is 0.957. The van der Waals surface area contributed by atoms with Gasteiger partial charge in [0, 0.05) is 31.9 Å². The van der Waals surface area contributed by atoms with Gasteiger partial charge in [-0.15, -0.1) is 0 Å². The van der Waals surface area contributed by atoms with Crippen molar-refractivity contribution in [1.29, 1.82) is 0 Å². The van der Waals surface area contributed by atoms with Crippen LogP contribution in [0.2, 0.25) is 0 Å². The number of aromatic nitrogens is 2. The maximum Gasteiger partial charge on any atom is 0.0951 e. The van der Waals surface area contributed by atoms with Crippen molar-refractivity contribution in [2.75, 3.05) is 40.8 Å². The van der Waals surface area contributed by atoms with E-state index in [0.29, 0.717) is 12.6 Å². The third-order valence-corrected chi connectivity index (χ3v) is 3.25. The number of nitrogens with zero attached hydrogens (tertiary/aromatic N) is 4. The van der Waals surface area contributed by atoms with Gasteiger partial charge in [0.1, 0.15) is 0 Å². The van der Waals surface area contributed by atoms with E-state index in [1.165, 1.54) is 5.69 Å². The Bertz CT molecular complexity index is 345. The number of likely N-dealkylation sites (N-methyl/N-ethyl adjacent to an activating group) is 2. The molecule has 0 amide bonds. The Morgan fingerprint density at radius 2 is 1.94 bits per heavy atom. The zero-order chi connectivity index (χ0) is 13.7. The summed E-state index contributed by atoms with van der Waals surface area (Å²) < 4.78 is 2.20. The highest BCUT2D eigenvalue weighted by molar-refractivity contribution is 5.07. The number of imidazole rings is 1. The summed E-state index contributed by atoms with van der Waals surface area (Å²) in [5, 5.41) is 0. The molecule has 1 aromatic rings. The van der Waals surface area contributed by atoms with Gasteiger partial charge in [-0.1, -0.05) is 0 Å². The molecule has 0 bridgehead atoms. The second-order valence-corrected chi connectivity index (χ2v) is 5.35. The summed E-state index contributed by atoms with van der Waals surface area (Å²) in [4.78, 5) is 8.75. The lowest BCUT2D eigenvalue weighted by atomic mass is 10.1. The molecular weight excluding hydrogens is 226 g/mol. The van der Waals surface area contributed by atoms with E-state index in [2.05, 4.69) is 54.3 Å². The summed E-state index contributed by atoms with van der Waals surface area (Å²) in [5.41, 5.74) is 7.15. The van der Waals surface area contributed by atoms with Gasteiger partial charge in [-0.2, -0.15) is 0 Å². The highest BCUT2D eigenvalue weighted by Crippen LogP contribution is 2.20. The van der Waals surface area contributed by atoms with Crippen molar-refractivity contribution in [1.82, 2.24) is 19.4 Å². The fourth-order valence-corrected chi connectivity index (χ4v) is 2.04. The lowest BCUT2D eigenvalue weighted by Crippen LogP contribution is -2.36. The SMILES string of the molecule is CC(C)n1cncc1C(CN)N(C)CCN(C)C. The van der Waals surface area contributed by atoms with E-state index in [4.69, 9.17) is 5.73 Å². The van der Waals surface area contributed by atoms with Crippen LogP contribution >= 0.6 is 0 Å². The van der Waals surface area contributed by atoms with Crippen molar-refractivity contribution in [3.63, 3.8) is 0 Å². The van der Waals surface area contributed by atoms with Crippen LogP contribution in [-0.4, -0.2) is 60.1 Å². The Morgan fingerprint density at radius 1 is 1.28 bits per heavy atom. The predicted molar refractivity (Wildman–Crippen MR) is 75.6 cm³/mol. The van der Waals surface area contributed by atoms with Crippen molar-refractivity contribution in [2.24, 2.45) is 5.73 Å². The summed E-state index contributed by atoms with van der Waals surface area (Å²) in [5.74, 6) is 0. The first-order valence-corrected chi connectivity index (χ1v) is 6.54. The van der Waals surface area contributed by atoms with Gasteiger partial charge < -0.3 is 15.2 Å². The first kappa shape index (κ1) is 15.1. The van der Waals surface area contributed by atoms with Crippen LogP contribution < -0.4 is 5.73 Å². The Morgan fingerprint density at radius 3 is 2.44 bits per heavy atom.